The Kier molecular flexibility index (Phi) is 5.48. The first-order chi connectivity index (χ1) is 10.5. The van der Waals surface area contributed by atoms with E-state index in [4.69, 9.17) is 12.2 Å². The fraction of sp³-hybridized carbons (Fsp3) is 0.571. The molecule has 0 unspecified atom stereocenters. The number of carbonyl (C=O) groups is 2. The van der Waals surface area contributed by atoms with Gasteiger partial charge < -0.3 is 9.88 Å². The summed E-state index contributed by atoms with van der Waals surface area (Å²) in [5, 5.41) is 6.12. The summed E-state index contributed by atoms with van der Waals surface area (Å²) in [6, 6.07) is 0. The van der Waals surface area contributed by atoms with Crippen molar-refractivity contribution >= 4 is 35.1 Å². The monoisotopic (exact) mass is 323 g/mol. The molecule has 8 heteroatoms. The van der Waals surface area contributed by atoms with Crippen LogP contribution in [0.4, 0.5) is 5.95 Å². The molecule has 1 aromatic heterocycles. The number of hydrogen-bond acceptors (Lipinski definition) is 4. The third kappa shape index (κ3) is 4.27. The maximum atomic E-state index is 12.0. The fourth-order valence-electron chi connectivity index (χ4n) is 2.22. The molecule has 0 saturated carbocycles. The summed E-state index contributed by atoms with van der Waals surface area (Å²) >= 11 is 5.09. The molecule has 1 aliphatic rings. The van der Waals surface area contributed by atoms with Crippen molar-refractivity contribution in [1.82, 2.24) is 19.8 Å². The first kappa shape index (κ1) is 16.4. The molecule has 22 heavy (non-hydrogen) atoms. The minimum atomic E-state index is -0.183. The van der Waals surface area contributed by atoms with E-state index >= 15 is 0 Å². The molecule has 1 saturated heterocycles. The van der Waals surface area contributed by atoms with Gasteiger partial charge in [0.1, 0.15) is 0 Å². The van der Waals surface area contributed by atoms with Gasteiger partial charge in [0.15, 0.2) is 5.11 Å². The topological polar surface area (TPSA) is 79.3 Å². The first-order valence-electron chi connectivity index (χ1n) is 7.36. The third-order valence-electron chi connectivity index (χ3n) is 3.25. The number of hydrogen-bond donors (Lipinski definition) is 2. The molecule has 0 bridgehead atoms. The van der Waals surface area contributed by atoms with Gasteiger partial charge in [-0.3, -0.25) is 19.8 Å². The highest BCUT2D eigenvalue weighted by atomic mass is 32.1. The van der Waals surface area contributed by atoms with Crippen molar-refractivity contribution in [2.24, 2.45) is 5.92 Å². The van der Waals surface area contributed by atoms with Crippen LogP contribution in [0.15, 0.2) is 12.4 Å². The van der Waals surface area contributed by atoms with Gasteiger partial charge in [0.2, 0.25) is 17.8 Å². The van der Waals surface area contributed by atoms with Crippen LogP contribution in [0, 0.1) is 5.92 Å². The third-order valence-corrected chi connectivity index (χ3v) is 3.62. The zero-order chi connectivity index (χ0) is 16.1. The maximum absolute atomic E-state index is 12.0. The van der Waals surface area contributed by atoms with E-state index < -0.39 is 0 Å². The lowest BCUT2D eigenvalue weighted by molar-refractivity contribution is -0.128. The lowest BCUT2D eigenvalue weighted by atomic mass is 10.2. The molecule has 2 N–H and O–H groups in total. The quantitative estimate of drug-likeness (QED) is 0.763. The van der Waals surface area contributed by atoms with E-state index in [0.717, 1.165) is 6.54 Å². The van der Waals surface area contributed by atoms with Crippen LogP contribution in [-0.2, 0) is 16.1 Å². The van der Waals surface area contributed by atoms with E-state index in [2.05, 4.69) is 29.5 Å². The lowest BCUT2D eigenvalue weighted by Gasteiger charge is -2.28. The predicted molar refractivity (Wildman–Crippen MR) is 87.2 cm³/mol. The van der Waals surface area contributed by atoms with Gasteiger partial charge in [-0.05, 0) is 18.1 Å². The highest BCUT2D eigenvalue weighted by Crippen LogP contribution is 2.09. The largest absolute Gasteiger partial charge is 0.362 e. The molecule has 1 fully saturated rings. The van der Waals surface area contributed by atoms with E-state index in [1.807, 2.05) is 10.8 Å². The molecular formula is C14H21N5O2S. The minimum Gasteiger partial charge on any atom is -0.362 e. The highest BCUT2D eigenvalue weighted by Gasteiger charge is 2.23. The van der Waals surface area contributed by atoms with Crippen LogP contribution in [0.1, 0.15) is 26.7 Å². The molecule has 120 valence electrons. The zero-order valence-corrected chi connectivity index (χ0v) is 13.7. The zero-order valence-electron chi connectivity index (χ0n) is 12.8. The summed E-state index contributed by atoms with van der Waals surface area (Å²) in [6.45, 7) is 5.83. The van der Waals surface area contributed by atoms with Crippen LogP contribution >= 0.6 is 12.2 Å². The number of nitrogens with one attached hydrogen (secondary N) is 2. The smallest absolute Gasteiger partial charge is 0.230 e. The minimum absolute atomic E-state index is 0.0437. The summed E-state index contributed by atoms with van der Waals surface area (Å²) in [4.78, 5) is 29.4. The number of rotatable bonds is 6. The van der Waals surface area contributed by atoms with Crippen LogP contribution in [0.2, 0.25) is 0 Å². The average Bonchev–Trinajstić information content (AvgIpc) is 2.84. The molecule has 0 spiro atoms. The van der Waals surface area contributed by atoms with E-state index in [-0.39, 0.29) is 24.8 Å². The number of imidazole rings is 1. The molecule has 1 aromatic rings. The Balaban J connectivity index is 1.87. The van der Waals surface area contributed by atoms with E-state index in [1.165, 1.54) is 4.90 Å². The van der Waals surface area contributed by atoms with Crippen LogP contribution in [0.3, 0.4) is 0 Å². The molecule has 2 amide bonds. The molecule has 0 radical (unpaired) electrons. The van der Waals surface area contributed by atoms with Gasteiger partial charge >= 0.3 is 0 Å². The SMILES string of the molecule is CC(C)Cn1ccnc1NC(=O)CCN1C(=O)CCNC1=S. The summed E-state index contributed by atoms with van der Waals surface area (Å²) in [5.74, 6) is 0.763. The standard InChI is InChI=1S/C14H21N5O2S/c1-10(2)9-18-8-6-15-13(18)17-11(20)4-7-19-12(21)3-5-16-14(19)22/h6,8,10H,3-5,7,9H2,1-2H3,(H,16,22)(H,15,17,20). The summed E-state index contributed by atoms with van der Waals surface area (Å²) in [5.41, 5.74) is 0. The van der Waals surface area contributed by atoms with Gasteiger partial charge in [-0.25, -0.2) is 4.98 Å². The van der Waals surface area contributed by atoms with Crippen LogP contribution in [-0.4, -0.2) is 44.5 Å². The Morgan fingerprint density at radius 2 is 2.32 bits per heavy atom. The normalized spacial score (nSPS) is 15.1. The maximum Gasteiger partial charge on any atom is 0.230 e. The number of amides is 2. The Hall–Kier alpha value is -1.96. The van der Waals surface area contributed by atoms with Gasteiger partial charge in [-0.15, -0.1) is 0 Å². The molecule has 2 heterocycles. The highest BCUT2D eigenvalue weighted by molar-refractivity contribution is 7.80. The van der Waals surface area contributed by atoms with E-state index in [0.29, 0.717) is 29.9 Å². The van der Waals surface area contributed by atoms with E-state index in [9.17, 15) is 9.59 Å². The molecule has 1 aliphatic heterocycles. The molecular weight excluding hydrogens is 302 g/mol. The van der Waals surface area contributed by atoms with Crippen molar-refractivity contribution in [3.8, 4) is 0 Å². The van der Waals surface area contributed by atoms with Gasteiger partial charge in [0.05, 0.1) is 0 Å². The van der Waals surface area contributed by atoms with Crippen molar-refractivity contribution in [1.29, 1.82) is 0 Å². The lowest BCUT2D eigenvalue weighted by Crippen LogP contribution is -2.50. The Bertz CT molecular complexity index is 553. The molecule has 0 aromatic carbocycles. The molecule has 0 aliphatic carbocycles. The number of carbonyl (C=O) groups excluding carboxylic acids is 2. The number of aromatic nitrogens is 2. The van der Waals surface area contributed by atoms with Crippen LogP contribution in [0.5, 0.6) is 0 Å². The molecule has 7 nitrogen and oxygen atoms in total. The second-order valence-corrected chi connectivity index (χ2v) is 6.01. The van der Waals surface area contributed by atoms with Crippen molar-refractivity contribution in [3.63, 3.8) is 0 Å². The number of thiocarbonyl (C=S) groups is 1. The van der Waals surface area contributed by atoms with Gasteiger partial charge in [-0.2, -0.15) is 0 Å². The van der Waals surface area contributed by atoms with Crippen molar-refractivity contribution in [2.75, 3.05) is 18.4 Å². The van der Waals surface area contributed by atoms with Gasteiger partial charge in [-0.1, -0.05) is 13.8 Å². The Morgan fingerprint density at radius 3 is 3.00 bits per heavy atom. The van der Waals surface area contributed by atoms with Gasteiger partial charge in [0, 0.05) is 44.9 Å². The molecule has 0 atom stereocenters. The van der Waals surface area contributed by atoms with Crippen molar-refractivity contribution < 1.29 is 9.59 Å². The van der Waals surface area contributed by atoms with Crippen LogP contribution < -0.4 is 10.6 Å². The van der Waals surface area contributed by atoms with Crippen LogP contribution in [0.25, 0.3) is 0 Å². The predicted octanol–water partition coefficient (Wildman–Crippen LogP) is 0.974. The van der Waals surface area contributed by atoms with E-state index in [1.54, 1.807) is 6.20 Å². The fourth-order valence-corrected chi connectivity index (χ4v) is 2.52. The van der Waals surface area contributed by atoms with Crippen molar-refractivity contribution in [2.45, 2.75) is 33.2 Å². The summed E-state index contributed by atoms with van der Waals surface area (Å²) < 4.78 is 1.90. The average molecular weight is 323 g/mol. The van der Waals surface area contributed by atoms with Gasteiger partial charge in [0.25, 0.3) is 0 Å². The summed E-state index contributed by atoms with van der Waals surface area (Å²) in [7, 11) is 0. The second-order valence-electron chi connectivity index (χ2n) is 5.62. The molecule has 2 rings (SSSR count). The summed E-state index contributed by atoms with van der Waals surface area (Å²) in [6.07, 6.45) is 4.08. The Morgan fingerprint density at radius 1 is 1.55 bits per heavy atom. The number of nitrogens with zero attached hydrogens (tertiary/aromatic N) is 3. The Labute approximate surface area is 135 Å². The number of anilines is 1. The second kappa shape index (κ2) is 7.35. The van der Waals surface area contributed by atoms with Crippen molar-refractivity contribution in [3.05, 3.63) is 12.4 Å². The first-order valence-corrected chi connectivity index (χ1v) is 7.77.